The number of hydrogen-bond acceptors (Lipinski definition) is 5. The van der Waals surface area contributed by atoms with Crippen LogP contribution in [0.5, 0.6) is 0 Å². The molecule has 0 amide bonds. The second-order valence-corrected chi connectivity index (χ2v) is 9.12. The molecule has 0 aliphatic heterocycles. The number of ketones is 1. The van der Waals surface area contributed by atoms with Crippen LogP contribution >= 0.6 is 11.3 Å². The van der Waals surface area contributed by atoms with E-state index in [0.717, 1.165) is 41.7 Å². The highest BCUT2D eigenvalue weighted by atomic mass is 32.1. The van der Waals surface area contributed by atoms with Crippen molar-refractivity contribution in [2.75, 3.05) is 0 Å². The van der Waals surface area contributed by atoms with E-state index >= 15 is 0 Å². The van der Waals surface area contributed by atoms with Crippen LogP contribution in [0.15, 0.2) is 77.7 Å². The predicted molar refractivity (Wildman–Crippen MR) is 140 cm³/mol. The van der Waals surface area contributed by atoms with Crippen LogP contribution in [-0.2, 0) is 12.8 Å². The van der Waals surface area contributed by atoms with Gasteiger partial charge < -0.3 is 0 Å². The predicted octanol–water partition coefficient (Wildman–Crippen LogP) is 4.19. The van der Waals surface area contributed by atoms with Crippen molar-refractivity contribution >= 4 is 28.8 Å². The highest BCUT2D eigenvalue weighted by Gasteiger charge is 2.18. The second kappa shape index (κ2) is 10.9. The number of hydrogen-bond donors (Lipinski definition) is 0. The zero-order chi connectivity index (χ0) is 24.8. The molecule has 4 aromatic rings. The van der Waals surface area contributed by atoms with Gasteiger partial charge in [-0.3, -0.25) is 19.1 Å². The first kappa shape index (κ1) is 24.1. The molecule has 0 bridgehead atoms. The molecular weight excluding hydrogens is 454 g/mol. The lowest BCUT2D eigenvalue weighted by atomic mass is 10.0. The molecule has 0 spiro atoms. The molecular formula is C29H25N3O2S. The Morgan fingerprint density at radius 1 is 1.03 bits per heavy atom. The minimum absolute atomic E-state index is 0.0596. The van der Waals surface area contributed by atoms with E-state index in [1.165, 1.54) is 4.57 Å². The van der Waals surface area contributed by atoms with Crippen LogP contribution in [0.1, 0.15) is 47.4 Å². The van der Waals surface area contributed by atoms with Gasteiger partial charge in [0.15, 0.2) is 0 Å². The Hall–Kier alpha value is -4.08. The third kappa shape index (κ3) is 5.21. The van der Waals surface area contributed by atoms with Gasteiger partial charge in [-0.1, -0.05) is 62.7 Å². The lowest BCUT2D eigenvalue weighted by Crippen LogP contribution is -2.31. The van der Waals surface area contributed by atoms with Crippen molar-refractivity contribution < 1.29 is 4.79 Å². The highest BCUT2D eigenvalue weighted by molar-refractivity contribution is 7.07. The summed E-state index contributed by atoms with van der Waals surface area (Å²) < 4.78 is 2.17. The third-order valence-corrected chi connectivity index (χ3v) is 6.79. The van der Waals surface area contributed by atoms with Gasteiger partial charge in [-0.2, -0.15) is 5.26 Å². The summed E-state index contributed by atoms with van der Waals surface area (Å²) in [6.45, 7) is 4.16. The van der Waals surface area contributed by atoms with E-state index < -0.39 is 5.78 Å². The zero-order valence-corrected chi connectivity index (χ0v) is 20.5. The highest BCUT2D eigenvalue weighted by Crippen LogP contribution is 2.13. The fourth-order valence-corrected chi connectivity index (χ4v) is 4.90. The summed E-state index contributed by atoms with van der Waals surface area (Å²) in [6.07, 6.45) is 6.14. The van der Waals surface area contributed by atoms with Gasteiger partial charge in [-0.25, -0.2) is 0 Å². The number of nitriles is 1. The number of Topliss-reactive ketones (excluding diaryl/α,β-unsaturated/α-hetero) is 1. The van der Waals surface area contributed by atoms with Crippen LogP contribution in [0, 0.1) is 11.3 Å². The van der Waals surface area contributed by atoms with Crippen LogP contribution in [0.2, 0.25) is 0 Å². The van der Waals surface area contributed by atoms with E-state index in [0.29, 0.717) is 26.1 Å². The molecule has 174 valence electrons. The monoisotopic (exact) mass is 479 g/mol. The molecule has 35 heavy (non-hydrogen) atoms. The number of aryl methyl sites for hydroxylation is 2. The lowest BCUT2D eigenvalue weighted by Gasteiger charge is -2.06. The molecule has 0 aliphatic rings. The van der Waals surface area contributed by atoms with Gasteiger partial charge in [0, 0.05) is 11.8 Å². The molecule has 0 saturated carbocycles. The van der Waals surface area contributed by atoms with Gasteiger partial charge in [0.2, 0.25) is 5.78 Å². The molecule has 0 radical (unpaired) electrons. The standard InChI is InChI=1S/C29H25N3O2S/c1-3-7-21-9-13-22(14-10-21)27(33)25(19-30)29-32(24-15-11-20(4-2)12-16-24)28(34)26(35-29)18-23-8-5-6-17-31-23/h5-6,8-18H,3-4,7H2,1-2H3/b26-18-,29-25-. The van der Waals surface area contributed by atoms with Gasteiger partial charge >= 0.3 is 0 Å². The molecule has 6 heteroatoms. The maximum atomic E-state index is 13.5. The normalized spacial score (nSPS) is 12.3. The quantitative estimate of drug-likeness (QED) is 0.373. The summed E-state index contributed by atoms with van der Waals surface area (Å²) >= 11 is 1.13. The summed E-state index contributed by atoms with van der Waals surface area (Å²) in [4.78, 5) is 31.2. The molecule has 2 aromatic carbocycles. The fraction of sp³-hybridized carbons (Fsp3) is 0.172. The Morgan fingerprint density at radius 3 is 2.34 bits per heavy atom. The van der Waals surface area contributed by atoms with Crippen molar-refractivity contribution in [3.05, 3.63) is 115 Å². The summed E-state index contributed by atoms with van der Waals surface area (Å²) in [5.41, 5.74) is 3.57. The minimum Gasteiger partial charge on any atom is -0.288 e. The Labute approximate surface area is 208 Å². The third-order valence-electron chi connectivity index (χ3n) is 5.70. The van der Waals surface area contributed by atoms with Gasteiger partial charge in [0.1, 0.15) is 16.3 Å². The molecule has 0 fully saturated rings. The van der Waals surface area contributed by atoms with E-state index in [-0.39, 0.29) is 11.1 Å². The maximum absolute atomic E-state index is 13.5. The fourth-order valence-electron chi connectivity index (χ4n) is 3.81. The zero-order valence-electron chi connectivity index (χ0n) is 19.7. The van der Waals surface area contributed by atoms with Gasteiger partial charge in [0.25, 0.3) is 5.56 Å². The average Bonchev–Trinajstić information content (AvgIpc) is 3.21. The number of nitrogens with zero attached hydrogens (tertiary/aromatic N) is 3. The average molecular weight is 480 g/mol. The summed E-state index contributed by atoms with van der Waals surface area (Å²) in [5.74, 6) is -0.403. The van der Waals surface area contributed by atoms with Crippen LogP contribution in [0.4, 0.5) is 0 Å². The van der Waals surface area contributed by atoms with Crippen molar-refractivity contribution in [3.8, 4) is 11.8 Å². The molecule has 4 rings (SSSR count). The molecule has 2 aromatic heterocycles. The van der Waals surface area contributed by atoms with Gasteiger partial charge in [0.05, 0.1) is 15.9 Å². The van der Waals surface area contributed by atoms with E-state index in [9.17, 15) is 14.9 Å². The van der Waals surface area contributed by atoms with Crippen molar-refractivity contribution in [2.24, 2.45) is 0 Å². The van der Waals surface area contributed by atoms with E-state index in [2.05, 4.69) is 24.9 Å². The summed E-state index contributed by atoms with van der Waals surface area (Å²) in [7, 11) is 0. The molecule has 0 aliphatic carbocycles. The van der Waals surface area contributed by atoms with Crippen molar-refractivity contribution in [3.63, 3.8) is 0 Å². The van der Waals surface area contributed by atoms with E-state index in [4.69, 9.17) is 0 Å². The molecule has 0 atom stereocenters. The van der Waals surface area contributed by atoms with Crippen molar-refractivity contribution in [1.29, 1.82) is 5.26 Å². The maximum Gasteiger partial charge on any atom is 0.273 e. The Bertz CT molecular complexity index is 1560. The van der Waals surface area contributed by atoms with Gasteiger partial charge in [-0.15, -0.1) is 11.3 Å². The smallest absolute Gasteiger partial charge is 0.273 e. The van der Waals surface area contributed by atoms with Gasteiger partial charge in [-0.05, 0) is 54.3 Å². The Kier molecular flexibility index (Phi) is 7.49. The molecule has 0 saturated heterocycles. The lowest BCUT2D eigenvalue weighted by molar-refractivity contribution is 0.105. The van der Waals surface area contributed by atoms with Crippen molar-refractivity contribution in [1.82, 2.24) is 9.55 Å². The van der Waals surface area contributed by atoms with E-state index in [1.807, 2.05) is 42.5 Å². The van der Waals surface area contributed by atoms with Crippen LogP contribution in [0.25, 0.3) is 17.3 Å². The molecule has 5 nitrogen and oxygen atoms in total. The van der Waals surface area contributed by atoms with Crippen LogP contribution in [0.3, 0.4) is 0 Å². The molecule has 0 N–H and O–H groups in total. The number of carbonyl (C=O) groups is 1. The van der Waals surface area contributed by atoms with Crippen LogP contribution < -0.4 is 14.8 Å². The van der Waals surface area contributed by atoms with E-state index in [1.54, 1.807) is 36.5 Å². The molecule has 2 heterocycles. The number of carbonyl (C=O) groups excluding carboxylic acids is 1. The number of rotatable bonds is 7. The number of thiazole rings is 1. The topological polar surface area (TPSA) is 75.8 Å². The first-order valence-electron chi connectivity index (χ1n) is 11.6. The molecule has 0 unspecified atom stereocenters. The second-order valence-electron chi connectivity index (χ2n) is 8.09. The van der Waals surface area contributed by atoms with Crippen LogP contribution in [-0.4, -0.2) is 15.3 Å². The van der Waals surface area contributed by atoms with Crippen molar-refractivity contribution in [2.45, 2.75) is 33.1 Å². The number of pyridine rings is 1. The first-order valence-corrected chi connectivity index (χ1v) is 12.4. The Balaban J connectivity index is 1.96. The summed E-state index contributed by atoms with van der Waals surface area (Å²) in [6, 6.07) is 22.4. The minimum atomic E-state index is -0.403. The first-order chi connectivity index (χ1) is 17.0. The number of aromatic nitrogens is 2. The number of benzene rings is 2. The SMILES string of the molecule is CCCc1ccc(C(=O)/C(C#N)=c2\s/c(=C\c3ccccn3)c(=O)n2-c2ccc(CC)cc2)cc1. The largest absolute Gasteiger partial charge is 0.288 e. The Morgan fingerprint density at radius 2 is 1.74 bits per heavy atom. The summed E-state index contributed by atoms with van der Waals surface area (Å²) in [5, 5.41) is 10.1.